The molecule has 0 radical (unpaired) electrons. The molecule has 0 saturated carbocycles. The number of nitrogens with zero attached hydrogens (tertiary/aromatic N) is 1. The Kier molecular flexibility index (Phi) is 5.51. The van der Waals surface area contributed by atoms with Crippen LogP contribution < -0.4 is 4.90 Å². The van der Waals surface area contributed by atoms with Crippen LogP contribution in [-0.2, 0) is 5.41 Å². The molecule has 0 spiro atoms. The fraction of sp³-hybridized carbons (Fsp3) is 0.0909. The summed E-state index contributed by atoms with van der Waals surface area (Å²) in [5.41, 5.74) is 5.05. The molecule has 2 atom stereocenters. The number of hydrogen-bond donors (Lipinski definition) is 0. The summed E-state index contributed by atoms with van der Waals surface area (Å²) in [4.78, 5) is 2.28. The van der Waals surface area contributed by atoms with Crippen molar-refractivity contribution in [1.82, 2.24) is 0 Å². The molecule has 0 heterocycles. The smallest absolute Gasteiger partial charge is 0.145 e. The van der Waals surface area contributed by atoms with E-state index in [1.807, 2.05) is 30.3 Å². The van der Waals surface area contributed by atoms with Gasteiger partial charge in [0.15, 0.2) is 0 Å². The van der Waals surface area contributed by atoms with Gasteiger partial charge in [0.05, 0.1) is 5.69 Å². The molecular formula is C33H27FNP. The molecule has 0 aliphatic heterocycles. The highest BCUT2D eigenvalue weighted by Gasteiger charge is 2.21. The first-order valence-electron chi connectivity index (χ1n) is 12.2. The maximum Gasteiger partial charge on any atom is 0.145 e. The fourth-order valence-corrected chi connectivity index (χ4v) is 5.43. The average Bonchev–Trinajstić information content (AvgIpc) is 2.90. The van der Waals surface area contributed by atoms with Gasteiger partial charge >= 0.3 is 0 Å². The summed E-state index contributed by atoms with van der Waals surface area (Å²) in [6.07, 6.45) is 0. The minimum absolute atomic E-state index is 0.633. The van der Waals surface area contributed by atoms with E-state index in [1.54, 1.807) is 6.92 Å². The van der Waals surface area contributed by atoms with E-state index in [1.165, 1.54) is 37.9 Å². The standard InChI is InChI=1S/C33H27FNP/c1-22-20-30-28-14-8-9-15-29(28)32(21-31(30)27-13-7-6-12-26(22)27)35(24-10-4-3-5-11-24)25-18-16-23(17-19-25)33(2,34)36/h3-21H,36H2,1-2H3. The minimum Gasteiger partial charge on any atom is -0.310 e. The molecule has 0 fully saturated rings. The third-order valence-corrected chi connectivity index (χ3v) is 7.35. The molecule has 1 nitrogen and oxygen atoms in total. The molecule has 0 aromatic heterocycles. The van der Waals surface area contributed by atoms with Crippen molar-refractivity contribution in [1.29, 1.82) is 0 Å². The fourth-order valence-electron chi connectivity index (χ4n) is 5.24. The largest absolute Gasteiger partial charge is 0.310 e. The van der Waals surface area contributed by atoms with Crippen LogP contribution in [0.25, 0.3) is 32.3 Å². The van der Waals surface area contributed by atoms with Crippen LogP contribution in [0.5, 0.6) is 0 Å². The molecule has 6 aromatic carbocycles. The highest BCUT2D eigenvalue weighted by molar-refractivity contribution is 7.18. The Hall–Kier alpha value is -3.74. The summed E-state index contributed by atoms with van der Waals surface area (Å²) in [6.45, 7) is 3.75. The van der Waals surface area contributed by atoms with Gasteiger partial charge in [-0.25, -0.2) is 4.39 Å². The van der Waals surface area contributed by atoms with Gasteiger partial charge in [0.25, 0.3) is 0 Å². The quantitative estimate of drug-likeness (QED) is 0.177. The van der Waals surface area contributed by atoms with Gasteiger partial charge < -0.3 is 4.90 Å². The van der Waals surface area contributed by atoms with E-state index in [0.717, 1.165) is 17.1 Å². The van der Waals surface area contributed by atoms with E-state index in [4.69, 9.17) is 0 Å². The van der Waals surface area contributed by atoms with E-state index >= 15 is 0 Å². The Morgan fingerprint density at radius 1 is 0.583 bits per heavy atom. The lowest BCUT2D eigenvalue weighted by molar-refractivity contribution is 0.324. The van der Waals surface area contributed by atoms with Crippen molar-refractivity contribution in [2.75, 3.05) is 4.90 Å². The first-order valence-corrected chi connectivity index (χ1v) is 12.8. The second-order valence-electron chi connectivity index (χ2n) is 9.57. The van der Waals surface area contributed by atoms with Crippen molar-refractivity contribution in [2.45, 2.75) is 19.3 Å². The average molecular weight is 488 g/mol. The van der Waals surface area contributed by atoms with Crippen LogP contribution in [0, 0.1) is 6.92 Å². The number of halogens is 1. The molecule has 6 aromatic rings. The molecule has 6 rings (SSSR count). The highest BCUT2D eigenvalue weighted by Crippen LogP contribution is 2.44. The molecule has 0 aliphatic carbocycles. The van der Waals surface area contributed by atoms with E-state index in [0.29, 0.717) is 5.56 Å². The van der Waals surface area contributed by atoms with Gasteiger partial charge in [-0.05, 0) is 82.2 Å². The number of anilines is 3. The Morgan fingerprint density at radius 3 is 1.72 bits per heavy atom. The van der Waals surface area contributed by atoms with Crippen molar-refractivity contribution in [3.8, 4) is 0 Å². The summed E-state index contributed by atoms with van der Waals surface area (Å²) in [7, 11) is 2.29. The van der Waals surface area contributed by atoms with Crippen molar-refractivity contribution in [3.05, 3.63) is 126 Å². The maximum atomic E-state index is 14.6. The van der Waals surface area contributed by atoms with Gasteiger partial charge in [0.1, 0.15) is 5.41 Å². The number of fused-ring (bicyclic) bond motifs is 5. The van der Waals surface area contributed by atoms with Crippen molar-refractivity contribution >= 4 is 58.6 Å². The van der Waals surface area contributed by atoms with Crippen molar-refractivity contribution < 1.29 is 4.39 Å². The molecule has 0 bridgehead atoms. The summed E-state index contributed by atoms with van der Waals surface area (Å²) >= 11 is 0. The third kappa shape index (κ3) is 3.83. The van der Waals surface area contributed by atoms with Gasteiger partial charge in [-0.15, -0.1) is 0 Å². The molecular weight excluding hydrogens is 460 g/mol. The number of rotatable bonds is 4. The lowest BCUT2D eigenvalue weighted by Gasteiger charge is -2.28. The molecule has 3 heteroatoms. The van der Waals surface area contributed by atoms with Crippen LogP contribution >= 0.6 is 9.24 Å². The second-order valence-corrected chi connectivity index (χ2v) is 10.7. The second kappa shape index (κ2) is 8.73. The van der Waals surface area contributed by atoms with Crippen LogP contribution in [0.15, 0.2) is 115 Å². The lowest BCUT2D eigenvalue weighted by atomic mass is 9.93. The Morgan fingerprint density at radius 2 is 1.08 bits per heavy atom. The van der Waals surface area contributed by atoms with Crippen molar-refractivity contribution in [2.24, 2.45) is 0 Å². The molecule has 0 amide bonds. The maximum absolute atomic E-state index is 14.6. The van der Waals surface area contributed by atoms with Crippen LogP contribution in [-0.4, -0.2) is 0 Å². The molecule has 176 valence electrons. The lowest BCUT2D eigenvalue weighted by Crippen LogP contribution is -2.11. The topological polar surface area (TPSA) is 3.24 Å². The summed E-state index contributed by atoms with van der Waals surface area (Å²) < 4.78 is 14.6. The van der Waals surface area contributed by atoms with E-state index in [9.17, 15) is 4.39 Å². The third-order valence-electron chi connectivity index (χ3n) is 7.01. The first kappa shape index (κ1) is 22.7. The summed E-state index contributed by atoms with van der Waals surface area (Å²) in [5, 5.41) is 5.92. The number of aryl methyl sites for hydroxylation is 1. The predicted molar refractivity (Wildman–Crippen MR) is 157 cm³/mol. The molecule has 36 heavy (non-hydrogen) atoms. The van der Waals surface area contributed by atoms with E-state index in [2.05, 4.69) is 106 Å². The Balaban J connectivity index is 1.70. The first-order chi connectivity index (χ1) is 17.4. The summed E-state index contributed by atoms with van der Waals surface area (Å²) in [6, 6.07) is 40.0. The predicted octanol–water partition coefficient (Wildman–Crippen LogP) is 9.94. The Bertz CT molecular complexity index is 1720. The van der Waals surface area contributed by atoms with Gasteiger partial charge in [-0.3, -0.25) is 0 Å². The molecule has 0 saturated heterocycles. The zero-order valence-corrected chi connectivity index (χ0v) is 21.5. The number of para-hydroxylation sites is 1. The van der Waals surface area contributed by atoms with Gasteiger partial charge in [0.2, 0.25) is 0 Å². The monoisotopic (exact) mass is 487 g/mol. The molecule has 0 aliphatic rings. The normalized spacial score (nSPS) is 13.2. The number of hydrogen-bond acceptors (Lipinski definition) is 1. The SMILES string of the molecule is Cc1cc2c3ccccc3c(N(c3ccccc3)c3ccc(C(C)(F)P)cc3)cc2c2ccccc12. The van der Waals surface area contributed by atoms with Crippen LogP contribution in [0.1, 0.15) is 18.1 Å². The van der Waals surface area contributed by atoms with Gasteiger partial charge in [0, 0.05) is 16.8 Å². The Labute approximate surface area is 213 Å². The van der Waals surface area contributed by atoms with Crippen LogP contribution in [0.2, 0.25) is 0 Å². The van der Waals surface area contributed by atoms with Crippen LogP contribution in [0.4, 0.5) is 21.5 Å². The summed E-state index contributed by atoms with van der Waals surface area (Å²) in [5.74, 6) is 0. The number of alkyl halides is 1. The zero-order valence-electron chi connectivity index (χ0n) is 20.4. The molecule has 2 unspecified atom stereocenters. The zero-order chi connectivity index (χ0) is 24.9. The highest BCUT2D eigenvalue weighted by atomic mass is 31.0. The van der Waals surface area contributed by atoms with E-state index < -0.39 is 5.41 Å². The van der Waals surface area contributed by atoms with Gasteiger partial charge in [-0.1, -0.05) is 94.2 Å². The van der Waals surface area contributed by atoms with Gasteiger partial charge in [-0.2, -0.15) is 0 Å². The number of benzene rings is 6. The molecule has 0 N–H and O–H groups in total. The minimum atomic E-state index is -1.47. The van der Waals surface area contributed by atoms with Crippen molar-refractivity contribution in [3.63, 3.8) is 0 Å². The van der Waals surface area contributed by atoms with Crippen LogP contribution in [0.3, 0.4) is 0 Å². The van der Waals surface area contributed by atoms with E-state index in [-0.39, 0.29) is 0 Å².